The Balaban J connectivity index is 3.07. The minimum Gasteiger partial charge on any atom is -0.461 e. The molecular weight excluding hydrogens is 214 g/mol. The van der Waals surface area contributed by atoms with Crippen molar-refractivity contribution in [3.63, 3.8) is 0 Å². The number of benzene rings is 1. The van der Waals surface area contributed by atoms with Gasteiger partial charge in [-0.25, -0.2) is 0 Å². The molecule has 0 aliphatic heterocycles. The van der Waals surface area contributed by atoms with Gasteiger partial charge in [0.2, 0.25) is 0 Å². The van der Waals surface area contributed by atoms with E-state index in [4.69, 9.17) is 22.1 Å². The third kappa shape index (κ3) is 2.63. The van der Waals surface area contributed by atoms with Crippen molar-refractivity contribution in [3.05, 3.63) is 27.8 Å². The first-order chi connectivity index (χ1) is 6.93. The maximum absolute atomic E-state index is 10.7. The fourth-order valence-corrected chi connectivity index (χ4v) is 1.69. The molecule has 1 rings (SSSR count). The van der Waals surface area contributed by atoms with Crippen molar-refractivity contribution < 1.29 is 9.53 Å². The Kier molecular flexibility index (Phi) is 3.58. The Labute approximate surface area is 94.2 Å². The summed E-state index contributed by atoms with van der Waals surface area (Å²) in [5.41, 5.74) is 9.11. The lowest BCUT2D eigenvalue weighted by molar-refractivity contribution is -0.142. The van der Waals surface area contributed by atoms with Crippen LogP contribution in [0, 0.1) is 13.8 Å². The molecule has 1 aromatic carbocycles. The van der Waals surface area contributed by atoms with E-state index in [-0.39, 0.29) is 12.6 Å². The Morgan fingerprint density at radius 3 is 2.67 bits per heavy atom. The zero-order valence-electron chi connectivity index (χ0n) is 9.06. The molecule has 0 aromatic heterocycles. The third-order valence-corrected chi connectivity index (χ3v) is 2.67. The maximum atomic E-state index is 10.7. The van der Waals surface area contributed by atoms with E-state index >= 15 is 0 Å². The van der Waals surface area contributed by atoms with E-state index in [0.29, 0.717) is 10.7 Å². The molecular formula is C11H14ClNO2. The van der Waals surface area contributed by atoms with E-state index < -0.39 is 0 Å². The number of anilines is 1. The number of ether oxygens (including phenoxy) is 1. The second kappa shape index (κ2) is 4.53. The quantitative estimate of drug-likeness (QED) is 0.624. The normalized spacial score (nSPS) is 10.1. The lowest BCUT2D eigenvalue weighted by Crippen LogP contribution is -2.05. The van der Waals surface area contributed by atoms with Crippen LogP contribution in [-0.4, -0.2) is 5.97 Å². The number of hydrogen-bond acceptors (Lipinski definition) is 3. The summed E-state index contributed by atoms with van der Waals surface area (Å²) in [5, 5.41) is 0.538. The fraction of sp³-hybridized carbons (Fsp3) is 0.364. The zero-order valence-corrected chi connectivity index (χ0v) is 9.81. The third-order valence-electron chi connectivity index (χ3n) is 2.35. The molecule has 4 heteroatoms. The van der Waals surface area contributed by atoms with Gasteiger partial charge in [0.25, 0.3) is 0 Å². The predicted molar refractivity (Wildman–Crippen MR) is 60.8 cm³/mol. The SMILES string of the molecule is CC(=O)OCc1c(C)cc(Cl)c(N)c1C. The van der Waals surface area contributed by atoms with Gasteiger partial charge in [-0.15, -0.1) is 0 Å². The highest BCUT2D eigenvalue weighted by molar-refractivity contribution is 6.33. The number of hydrogen-bond donors (Lipinski definition) is 1. The van der Waals surface area contributed by atoms with Gasteiger partial charge in [0.15, 0.2) is 0 Å². The molecule has 82 valence electrons. The van der Waals surface area contributed by atoms with Crippen molar-refractivity contribution >= 4 is 23.3 Å². The van der Waals surface area contributed by atoms with Gasteiger partial charge in [-0.1, -0.05) is 11.6 Å². The minimum absolute atomic E-state index is 0.244. The van der Waals surface area contributed by atoms with E-state index in [1.807, 2.05) is 13.8 Å². The van der Waals surface area contributed by atoms with Gasteiger partial charge in [-0.2, -0.15) is 0 Å². The second-order valence-electron chi connectivity index (χ2n) is 3.47. The first kappa shape index (κ1) is 11.9. The minimum atomic E-state index is -0.303. The van der Waals surface area contributed by atoms with E-state index in [1.54, 1.807) is 6.07 Å². The number of esters is 1. The van der Waals surface area contributed by atoms with Crippen LogP contribution in [0.1, 0.15) is 23.6 Å². The van der Waals surface area contributed by atoms with Crippen LogP contribution >= 0.6 is 11.6 Å². The fourth-order valence-electron chi connectivity index (χ4n) is 1.39. The summed E-state index contributed by atoms with van der Waals surface area (Å²) in [4.78, 5) is 10.7. The van der Waals surface area contributed by atoms with Gasteiger partial charge in [0.05, 0.1) is 10.7 Å². The summed E-state index contributed by atoms with van der Waals surface area (Å²) in [5.74, 6) is -0.303. The largest absolute Gasteiger partial charge is 0.461 e. The van der Waals surface area contributed by atoms with Gasteiger partial charge in [-0.3, -0.25) is 4.79 Å². The van der Waals surface area contributed by atoms with Crippen molar-refractivity contribution in [2.75, 3.05) is 5.73 Å². The van der Waals surface area contributed by atoms with Gasteiger partial charge >= 0.3 is 5.97 Å². The zero-order chi connectivity index (χ0) is 11.6. The highest BCUT2D eigenvalue weighted by atomic mass is 35.5. The standard InChI is InChI=1S/C11H14ClNO2/c1-6-4-10(12)11(13)7(2)9(6)5-15-8(3)14/h4H,5,13H2,1-3H3. The van der Waals surface area contributed by atoms with Crippen LogP contribution < -0.4 is 5.73 Å². The topological polar surface area (TPSA) is 52.3 Å². The smallest absolute Gasteiger partial charge is 0.302 e. The van der Waals surface area contributed by atoms with Gasteiger partial charge in [-0.05, 0) is 36.6 Å². The summed E-state index contributed by atoms with van der Waals surface area (Å²) in [6, 6.07) is 1.78. The molecule has 0 bridgehead atoms. The molecule has 0 aliphatic rings. The number of aryl methyl sites for hydroxylation is 1. The number of carbonyl (C=O) groups excluding carboxylic acids is 1. The summed E-state index contributed by atoms with van der Waals surface area (Å²) in [6.45, 7) is 5.41. The molecule has 15 heavy (non-hydrogen) atoms. The van der Waals surface area contributed by atoms with Crippen molar-refractivity contribution in [1.82, 2.24) is 0 Å². The highest BCUT2D eigenvalue weighted by Crippen LogP contribution is 2.28. The Bertz CT molecular complexity index is 402. The van der Waals surface area contributed by atoms with Gasteiger partial charge < -0.3 is 10.5 Å². The average Bonchev–Trinajstić information content (AvgIpc) is 2.14. The summed E-state index contributed by atoms with van der Waals surface area (Å²) in [6.07, 6.45) is 0. The monoisotopic (exact) mass is 227 g/mol. The van der Waals surface area contributed by atoms with E-state index in [0.717, 1.165) is 16.7 Å². The van der Waals surface area contributed by atoms with E-state index in [9.17, 15) is 4.79 Å². The van der Waals surface area contributed by atoms with Crippen LogP contribution in [0.15, 0.2) is 6.07 Å². The second-order valence-corrected chi connectivity index (χ2v) is 3.88. The van der Waals surface area contributed by atoms with Crippen LogP contribution in [0.2, 0.25) is 5.02 Å². The first-order valence-electron chi connectivity index (χ1n) is 4.61. The van der Waals surface area contributed by atoms with Crippen LogP contribution in [-0.2, 0) is 16.1 Å². The van der Waals surface area contributed by atoms with Crippen LogP contribution in [0.25, 0.3) is 0 Å². The van der Waals surface area contributed by atoms with Crippen molar-refractivity contribution in [2.24, 2.45) is 0 Å². The average molecular weight is 228 g/mol. The molecule has 0 radical (unpaired) electrons. The molecule has 1 aromatic rings. The molecule has 2 N–H and O–H groups in total. The maximum Gasteiger partial charge on any atom is 0.302 e. The molecule has 0 atom stereocenters. The Hall–Kier alpha value is -1.22. The molecule has 0 spiro atoms. The number of nitrogens with two attached hydrogens (primary N) is 1. The van der Waals surface area contributed by atoms with Crippen molar-refractivity contribution in [2.45, 2.75) is 27.4 Å². The molecule has 3 nitrogen and oxygen atoms in total. The lowest BCUT2D eigenvalue weighted by Gasteiger charge is -2.13. The van der Waals surface area contributed by atoms with Crippen LogP contribution in [0.5, 0.6) is 0 Å². The molecule has 0 heterocycles. The summed E-state index contributed by atoms with van der Waals surface area (Å²) < 4.78 is 4.95. The van der Waals surface area contributed by atoms with Crippen LogP contribution in [0.3, 0.4) is 0 Å². The Morgan fingerprint density at radius 2 is 2.13 bits per heavy atom. The number of carbonyl (C=O) groups is 1. The summed E-state index contributed by atoms with van der Waals surface area (Å²) >= 11 is 5.92. The first-order valence-corrected chi connectivity index (χ1v) is 4.98. The molecule has 0 aliphatic carbocycles. The van der Waals surface area contributed by atoms with E-state index in [1.165, 1.54) is 6.92 Å². The number of rotatable bonds is 2. The van der Waals surface area contributed by atoms with Crippen molar-refractivity contribution in [3.8, 4) is 0 Å². The molecule has 0 unspecified atom stereocenters. The molecule has 0 saturated heterocycles. The Morgan fingerprint density at radius 1 is 1.53 bits per heavy atom. The number of halogens is 1. The van der Waals surface area contributed by atoms with Gasteiger partial charge in [0.1, 0.15) is 6.61 Å². The summed E-state index contributed by atoms with van der Waals surface area (Å²) in [7, 11) is 0. The van der Waals surface area contributed by atoms with Crippen molar-refractivity contribution in [1.29, 1.82) is 0 Å². The number of nitrogen functional groups attached to an aromatic ring is 1. The molecule has 0 fully saturated rings. The van der Waals surface area contributed by atoms with Gasteiger partial charge in [0, 0.05) is 6.92 Å². The highest BCUT2D eigenvalue weighted by Gasteiger charge is 2.10. The predicted octanol–water partition coefficient (Wildman–Crippen LogP) is 2.60. The van der Waals surface area contributed by atoms with E-state index in [2.05, 4.69) is 0 Å². The molecule has 0 saturated carbocycles. The van der Waals surface area contributed by atoms with Crippen LogP contribution in [0.4, 0.5) is 5.69 Å². The molecule has 0 amide bonds. The lowest BCUT2D eigenvalue weighted by atomic mass is 10.0.